The van der Waals surface area contributed by atoms with Gasteiger partial charge in [-0.25, -0.2) is 4.98 Å². The van der Waals surface area contributed by atoms with E-state index in [0.29, 0.717) is 0 Å². The first kappa shape index (κ1) is 13.8. The van der Waals surface area contributed by atoms with Crippen LogP contribution in [0.25, 0.3) is 0 Å². The highest BCUT2D eigenvalue weighted by molar-refractivity contribution is 5.94. The SMILES string of the molecule is CNc1ccc(N(C)C(=O)C2CCCN(C)C2)cn1. The van der Waals surface area contributed by atoms with Gasteiger partial charge in [-0.3, -0.25) is 4.79 Å². The third-order valence-electron chi connectivity index (χ3n) is 3.70. The van der Waals surface area contributed by atoms with Gasteiger partial charge in [-0.05, 0) is 38.6 Å². The molecule has 0 aromatic carbocycles. The van der Waals surface area contributed by atoms with Crippen molar-refractivity contribution in [1.82, 2.24) is 9.88 Å². The number of pyridine rings is 1. The number of hydrogen-bond acceptors (Lipinski definition) is 4. The zero-order valence-electron chi connectivity index (χ0n) is 11.9. The molecule has 1 aromatic heterocycles. The minimum absolute atomic E-state index is 0.104. The van der Waals surface area contributed by atoms with Crippen LogP contribution in [0, 0.1) is 5.92 Å². The van der Waals surface area contributed by atoms with E-state index in [0.717, 1.165) is 37.4 Å². The summed E-state index contributed by atoms with van der Waals surface area (Å²) in [5, 5.41) is 2.97. The molecular formula is C14H22N4O. The fourth-order valence-corrected chi connectivity index (χ4v) is 2.50. The lowest BCUT2D eigenvalue weighted by molar-refractivity contribution is -0.123. The zero-order chi connectivity index (χ0) is 13.8. The van der Waals surface area contributed by atoms with Crippen molar-refractivity contribution in [2.45, 2.75) is 12.8 Å². The van der Waals surface area contributed by atoms with Crippen molar-refractivity contribution in [2.24, 2.45) is 5.92 Å². The second-order valence-corrected chi connectivity index (χ2v) is 5.15. The molecule has 5 nitrogen and oxygen atoms in total. The summed E-state index contributed by atoms with van der Waals surface area (Å²) in [6.07, 6.45) is 3.81. The number of piperidine rings is 1. The number of anilines is 2. The van der Waals surface area contributed by atoms with E-state index in [1.165, 1.54) is 0 Å². The van der Waals surface area contributed by atoms with Crippen LogP contribution in [0.5, 0.6) is 0 Å². The molecule has 0 aliphatic carbocycles. The number of carbonyl (C=O) groups is 1. The van der Waals surface area contributed by atoms with Gasteiger partial charge in [0.25, 0.3) is 0 Å². The molecule has 0 saturated carbocycles. The van der Waals surface area contributed by atoms with Gasteiger partial charge in [0.15, 0.2) is 0 Å². The first-order valence-corrected chi connectivity index (χ1v) is 6.71. The van der Waals surface area contributed by atoms with Crippen LogP contribution in [0.1, 0.15) is 12.8 Å². The maximum absolute atomic E-state index is 12.5. The summed E-state index contributed by atoms with van der Waals surface area (Å²) in [5.41, 5.74) is 0.845. The van der Waals surface area contributed by atoms with Crippen LogP contribution in [0.2, 0.25) is 0 Å². The van der Waals surface area contributed by atoms with Crippen molar-refractivity contribution in [3.8, 4) is 0 Å². The zero-order valence-corrected chi connectivity index (χ0v) is 11.9. The van der Waals surface area contributed by atoms with E-state index in [9.17, 15) is 4.79 Å². The second-order valence-electron chi connectivity index (χ2n) is 5.15. The normalized spacial score (nSPS) is 20.1. The Bertz CT molecular complexity index is 432. The van der Waals surface area contributed by atoms with Crippen molar-refractivity contribution in [3.05, 3.63) is 18.3 Å². The Morgan fingerprint density at radius 1 is 1.53 bits per heavy atom. The molecule has 0 spiro atoms. The standard InChI is InChI=1S/C14H22N4O/c1-15-13-7-6-12(9-16-13)18(3)14(19)11-5-4-8-17(2)10-11/h6-7,9,11H,4-5,8,10H2,1-3H3,(H,15,16). The van der Waals surface area contributed by atoms with Gasteiger partial charge in [-0.15, -0.1) is 0 Å². The topological polar surface area (TPSA) is 48.5 Å². The Balaban J connectivity index is 2.05. The minimum atomic E-state index is 0.104. The van der Waals surface area contributed by atoms with Gasteiger partial charge in [-0.1, -0.05) is 0 Å². The van der Waals surface area contributed by atoms with E-state index in [2.05, 4.69) is 22.2 Å². The molecule has 1 N–H and O–H groups in total. The van der Waals surface area contributed by atoms with E-state index in [1.807, 2.05) is 26.2 Å². The van der Waals surface area contributed by atoms with Crippen LogP contribution >= 0.6 is 0 Å². The third kappa shape index (κ3) is 3.23. The molecule has 1 aromatic rings. The lowest BCUT2D eigenvalue weighted by Crippen LogP contribution is -2.42. The van der Waals surface area contributed by atoms with Crippen LogP contribution in [0.15, 0.2) is 18.3 Å². The van der Waals surface area contributed by atoms with E-state index in [4.69, 9.17) is 0 Å². The fraction of sp³-hybridized carbons (Fsp3) is 0.571. The molecule has 1 unspecified atom stereocenters. The number of hydrogen-bond donors (Lipinski definition) is 1. The molecule has 5 heteroatoms. The molecule has 2 rings (SSSR count). The molecule has 1 saturated heterocycles. The second kappa shape index (κ2) is 6.02. The van der Waals surface area contributed by atoms with Gasteiger partial charge in [0.1, 0.15) is 5.82 Å². The van der Waals surface area contributed by atoms with Crippen molar-refractivity contribution in [1.29, 1.82) is 0 Å². The molecular weight excluding hydrogens is 240 g/mol. The maximum atomic E-state index is 12.5. The minimum Gasteiger partial charge on any atom is -0.373 e. The smallest absolute Gasteiger partial charge is 0.231 e. The first-order valence-electron chi connectivity index (χ1n) is 6.71. The van der Waals surface area contributed by atoms with E-state index in [-0.39, 0.29) is 11.8 Å². The Hall–Kier alpha value is -1.62. The van der Waals surface area contributed by atoms with Crippen LogP contribution in [-0.4, -0.2) is 50.0 Å². The van der Waals surface area contributed by atoms with Crippen molar-refractivity contribution in [2.75, 3.05) is 44.4 Å². The summed E-state index contributed by atoms with van der Waals surface area (Å²) in [6, 6.07) is 3.80. The van der Waals surface area contributed by atoms with Gasteiger partial charge in [0.2, 0.25) is 5.91 Å². The third-order valence-corrected chi connectivity index (χ3v) is 3.70. The van der Waals surface area contributed by atoms with E-state index < -0.39 is 0 Å². The molecule has 1 aliphatic heterocycles. The molecule has 0 radical (unpaired) electrons. The molecule has 0 bridgehead atoms. The fourth-order valence-electron chi connectivity index (χ4n) is 2.50. The summed E-state index contributed by atoms with van der Waals surface area (Å²) in [6.45, 7) is 1.94. The van der Waals surface area contributed by atoms with E-state index >= 15 is 0 Å². The Labute approximate surface area is 114 Å². The average Bonchev–Trinajstić information content (AvgIpc) is 2.46. The number of nitrogens with zero attached hydrogens (tertiary/aromatic N) is 3. The van der Waals surface area contributed by atoms with Gasteiger partial charge >= 0.3 is 0 Å². The highest BCUT2D eigenvalue weighted by atomic mass is 16.2. The van der Waals surface area contributed by atoms with Gasteiger partial charge in [0.05, 0.1) is 17.8 Å². The van der Waals surface area contributed by atoms with Crippen molar-refractivity contribution >= 4 is 17.4 Å². The molecule has 1 fully saturated rings. The van der Waals surface area contributed by atoms with Gasteiger partial charge in [-0.2, -0.15) is 0 Å². The Morgan fingerprint density at radius 3 is 2.89 bits per heavy atom. The summed E-state index contributed by atoms with van der Waals surface area (Å²) in [5.74, 6) is 1.10. The predicted molar refractivity (Wildman–Crippen MR) is 77.4 cm³/mol. The number of carbonyl (C=O) groups excluding carboxylic acids is 1. The lowest BCUT2D eigenvalue weighted by atomic mass is 9.97. The van der Waals surface area contributed by atoms with Crippen LogP contribution < -0.4 is 10.2 Å². The van der Waals surface area contributed by atoms with Gasteiger partial charge in [0, 0.05) is 20.6 Å². The average molecular weight is 262 g/mol. The van der Waals surface area contributed by atoms with Crippen molar-refractivity contribution in [3.63, 3.8) is 0 Å². The monoisotopic (exact) mass is 262 g/mol. The molecule has 19 heavy (non-hydrogen) atoms. The maximum Gasteiger partial charge on any atom is 0.231 e. The number of rotatable bonds is 3. The number of amides is 1. The number of likely N-dealkylation sites (tertiary alicyclic amines) is 1. The highest BCUT2D eigenvalue weighted by Gasteiger charge is 2.27. The summed E-state index contributed by atoms with van der Waals surface area (Å²) in [7, 11) is 5.73. The Kier molecular flexibility index (Phi) is 4.37. The summed E-state index contributed by atoms with van der Waals surface area (Å²) >= 11 is 0. The van der Waals surface area contributed by atoms with Crippen LogP contribution in [0.4, 0.5) is 11.5 Å². The van der Waals surface area contributed by atoms with Crippen LogP contribution in [-0.2, 0) is 4.79 Å². The lowest BCUT2D eigenvalue weighted by Gasteiger charge is -2.31. The largest absolute Gasteiger partial charge is 0.373 e. The molecule has 2 heterocycles. The number of nitrogens with one attached hydrogen (secondary N) is 1. The molecule has 1 amide bonds. The molecule has 1 aliphatic rings. The number of aromatic nitrogens is 1. The Morgan fingerprint density at radius 2 is 2.32 bits per heavy atom. The summed E-state index contributed by atoms with van der Waals surface area (Å²) < 4.78 is 0. The van der Waals surface area contributed by atoms with Gasteiger partial charge < -0.3 is 15.1 Å². The van der Waals surface area contributed by atoms with Crippen LogP contribution in [0.3, 0.4) is 0 Å². The quantitative estimate of drug-likeness (QED) is 0.895. The van der Waals surface area contributed by atoms with Crippen molar-refractivity contribution < 1.29 is 4.79 Å². The molecule has 1 atom stereocenters. The van der Waals surface area contributed by atoms with E-state index in [1.54, 1.807) is 11.1 Å². The molecule has 104 valence electrons. The predicted octanol–water partition coefficient (Wildman–Crippen LogP) is 1.43. The first-order chi connectivity index (χ1) is 9.11. The highest BCUT2D eigenvalue weighted by Crippen LogP contribution is 2.21. The summed E-state index contributed by atoms with van der Waals surface area (Å²) in [4.78, 5) is 20.6.